The van der Waals surface area contributed by atoms with Crippen molar-refractivity contribution in [2.45, 2.75) is 20.3 Å². The van der Waals surface area contributed by atoms with E-state index in [1.165, 1.54) is 10.5 Å². The first-order valence-corrected chi connectivity index (χ1v) is 6.91. The molecule has 2 amide bonds. The Bertz CT molecular complexity index is 526. The second-order valence-electron chi connectivity index (χ2n) is 5.59. The van der Waals surface area contributed by atoms with Crippen molar-refractivity contribution in [3.63, 3.8) is 0 Å². The highest BCUT2D eigenvalue weighted by Gasteiger charge is 2.20. The van der Waals surface area contributed by atoms with E-state index in [1.54, 1.807) is 0 Å². The molecule has 1 aromatic rings. The summed E-state index contributed by atoms with van der Waals surface area (Å²) >= 11 is 0. The van der Waals surface area contributed by atoms with Gasteiger partial charge in [0.05, 0.1) is 6.54 Å². The number of hydrogen-bond donors (Lipinski definition) is 2. The largest absolute Gasteiger partial charge is 0.384 e. The Labute approximate surface area is 119 Å². The summed E-state index contributed by atoms with van der Waals surface area (Å²) in [7, 11) is 0. The molecule has 0 saturated carbocycles. The average Bonchev–Trinajstić information content (AvgIpc) is 2.83. The number of carbonyl (C=O) groups excluding carboxylic acids is 2. The molecule has 108 valence electrons. The van der Waals surface area contributed by atoms with E-state index in [2.05, 4.69) is 5.32 Å². The molecule has 0 atom stereocenters. The smallest absolute Gasteiger partial charge is 0.254 e. The summed E-state index contributed by atoms with van der Waals surface area (Å²) in [6.45, 7) is 5.40. The molecule has 0 radical (unpaired) electrons. The topological polar surface area (TPSA) is 75.4 Å². The molecule has 0 saturated heterocycles. The fraction of sp³-hybridized carbons (Fsp3) is 0.467. The average molecular weight is 275 g/mol. The van der Waals surface area contributed by atoms with Crippen LogP contribution in [0.4, 0.5) is 5.69 Å². The zero-order valence-electron chi connectivity index (χ0n) is 12.0. The maximum Gasteiger partial charge on any atom is 0.254 e. The summed E-state index contributed by atoms with van der Waals surface area (Å²) in [5, 5.41) is 3.25. The lowest BCUT2D eigenvalue weighted by atomic mass is 10.1. The van der Waals surface area contributed by atoms with Crippen LogP contribution in [0.5, 0.6) is 0 Å². The zero-order chi connectivity index (χ0) is 14.7. The van der Waals surface area contributed by atoms with Gasteiger partial charge in [0.1, 0.15) is 0 Å². The molecule has 5 heteroatoms. The first-order valence-electron chi connectivity index (χ1n) is 6.91. The van der Waals surface area contributed by atoms with E-state index in [0.29, 0.717) is 12.1 Å². The molecule has 20 heavy (non-hydrogen) atoms. The van der Waals surface area contributed by atoms with E-state index in [4.69, 9.17) is 5.73 Å². The molecule has 1 aliphatic rings. The van der Waals surface area contributed by atoms with Gasteiger partial charge in [-0.05, 0) is 30.0 Å². The molecule has 1 aliphatic heterocycles. The van der Waals surface area contributed by atoms with Crippen LogP contribution in [0.25, 0.3) is 0 Å². The number of fused-ring (bicyclic) bond motifs is 1. The number of rotatable bonds is 5. The van der Waals surface area contributed by atoms with Gasteiger partial charge in [0.25, 0.3) is 5.91 Å². The second kappa shape index (κ2) is 5.94. The monoisotopic (exact) mass is 275 g/mol. The maximum atomic E-state index is 12.5. The third-order valence-electron chi connectivity index (χ3n) is 3.29. The highest BCUT2D eigenvalue weighted by atomic mass is 16.2. The van der Waals surface area contributed by atoms with Crippen LogP contribution in [0, 0.1) is 5.92 Å². The van der Waals surface area contributed by atoms with Crippen LogP contribution in [0.1, 0.15) is 29.8 Å². The van der Waals surface area contributed by atoms with E-state index < -0.39 is 5.91 Å². The molecule has 0 aromatic heterocycles. The molecule has 0 aliphatic carbocycles. The summed E-state index contributed by atoms with van der Waals surface area (Å²) in [6.07, 6.45) is 0.987. The minimum absolute atomic E-state index is 0.0402. The third-order valence-corrected chi connectivity index (χ3v) is 3.29. The number of nitrogens with one attached hydrogen (secondary N) is 1. The van der Waals surface area contributed by atoms with Crippen LogP contribution in [0.3, 0.4) is 0 Å². The van der Waals surface area contributed by atoms with Crippen molar-refractivity contribution in [2.24, 2.45) is 11.7 Å². The summed E-state index contributed by atoms with van der Waals surface area (Å²) in [4.78, 5) is 25.2. The van der Waals surface area contributed by atoms with Crippen molar-refractivity contribution in [3.05, 3.63) is 29.3 Å². The highest BCUT2D eigenvalue weighted by Crippen LogP contribution is 2.24. The number of carbonyl (C=O) groups is 2. The number of primary amides is 1. The number of nitrogens with two attached hydrogens (primary N) is 1. The summed E-state index contributed by atoms with van der Waals surface area (Å²) in [5.74, 6) is -0.349. The fourth-order valence-corrected chi connectivity index (χ4v) is 2.45. The predicted molar refractivity (Wildman–Crippen MR) is 78.6 cm³/mol. The van der Waals surface area contributed by atoms with Crippen LogP contribution in [-0.2, 0) is 11.2 Å². The summed E-state index contributed by atoms with van der Waals surface area (Å²) in [5.41, 5.74) is 8.07. The number of benzene rings is 1. The fourth-order valence-electron chi connectivity index (χ4n) is 2.45. The molecular weight excluding hydrogens is 254 g/mol. The van der Waals surface area contributed by atoms with Crippen molar-refractivity contribution >= 4 is 17.5 Å². The highest BCUT2D eigenvalue weighted by molar-refractivity contribution is 5.97. The van der Waals surface area contributed by atoms with Gasteiger partial charge in [0.15, 0.2) is 0 Å². The molecule has 1 heterocycles. The minimum atomic E-state index is -0.488. The first kappa shape index (κ1) is 14.4. The molecule has 5 nitrogen and oxygen atoms in total. The zero-order valence-corrected chi connectivity index (χ0v) is 12.0. The van der Waals surface area contributed by atoms with Gasteiger partial charge in [-0.3, -0.25) is 9.59 Å². The van der Waals surface area contributed by atoms with Crippen LogP contribution in [0.2, 0.25) is 0 Å². The third kappa shape index (κ3) is 3.29. The molecule has 0 spiro atoms. The lowest BCUT2D eigenvalue weighted by molar-refractivity contribution is -0.118. The summed E-state index contributed by atoms with van der Waals surface area (Å²) in [6, 6.07) is 5.65. The van der Waals surface area contributed by atoms with Crippen molar-refractivity contribution in [2.75, 3.05) is 25.0 Å². The van der Waals surface area contributed by atoms with Gasteiger partial charge in [-0.2, -0.15) is 0 Å². The molecule has 0 unspecified atom stereocenters. The van der Waals surface area contributed by atoms with Crippen LogP contribution >= 0.6 is 0 Å². The van der Waals surface area contributed by atoms with Crippen LogP contribution < -0.4 is 11.1 Å². The number of nitrogens with zero attached hydrogens (tertiary/aromatic N) is 1. The van der Waals surface area contributed by atoms with Crippen LogP contribution in [-0.4, -0.2) is 36.3 Å². The van der Waals surface area contributed by atoms with Gasteiger partial charge < -0.3 is 16.0 Å². The van der Waals surface area contributed by atoms with Gasteiger partial charge in [-0.1, -0.05) is 19.9 Å². The van der Waals surface area contributed by atoms with E-state index in [0.717, 1.165) is 18.7 Å². The molecule has 0 bridgehead atoms. The maximum absolute atomic E-state index is 12.5. The lowest BCUT2D eigenvalue weighted by Crippen LogP contribution is -2.40. The van der Waals surface area contributed by atoms with Crippen molar-refractivity contribution in [3.8, 4) is 0 Å². The Kier molecular flexibility index (Phi) is 4.27. The van der Waals surface area contributed by atoms with Gasteiger partial charge >= 0.3 is 0 Å². The van der Waals surface area contributed by atoms with Gasteiger partial charge in [-0.25, -0.2) is 0 Å². The Balaban J connectivity index is 2.20. The normalized spacial score (nSPS) is 12.9. The predicted octanol–water partition coefficient (Wildman–Crippen LogP) is 1.24. The molecule has 0 fully saturated rings. The van der Waals surface area contributed by atoms with Crippen molar-refractivity contribution in [1.29, 1.82) is 0 Å². The van der Waals surface area contributed by atoms with E-state index in [9.17, 15) is 9.59 Å². The van der Waals surface area contributed by atoms with Crippen LogP contribution in [0.15, 0.2) is 18.2 Å². The molecule has 2 rings (SSSR count). The Hall–Kier alpha value is -2.04. The lowest BCUT2D eigenvalue weighted by Gasteiger charge is -2.23. The Morgan fingerprint density at radius 1 is 1.40 bits per heavy atom. The van der Waals surface area contributed by atoms with Gasteiger partial charge in [-0.15, -0.1) is 0 Å². The molecular formula is C15H21N3O2. The molecule has 1 aromatic carbocycles. The van der Waals surface area contributed by atoms with E-state index in [1.807, 2.05) is 32.0 Å². The van der Waals surface area contributed by atoms with E-state index in [-0.39, 0.29) is 18.4 Å². The van der Waals surface area contributed by atoms with Crippen molar-refractivity contribution < 1.29 is 9.59 Å². The minimum Gasteiger partial charge on any atom is -0.384 e. The first-order chi connectivity index (χ1) is 9.47. The van der Waals surface area contributed by atoms with Crippen molar-refractivity contribution in [1.82, 2.24) is 4.90 Å². The van der Waals surface area contributed by atoms with E-state index >= 15 is 0 Å². The number of amides is 2. The molecule has 3 N–H and O–H groups in total. The second-order valence-corrected chi connectivity index (χ2v) is 5.59. The Morgan fingerprint density at radius 3 is 2.80 bits per heavy atom. The Morgan fingerprint density at radius 2 is 2.15 bits per heavy atom. The van der Waals surface area contributed by atoms with Gasteiger partial charge in [0, 0.05) is 24.3 Å². The number of hydrogen-bond acceptors (Lipinski definition) is 3. The quantitative estimate of drug-likeness (QED) is 0.849. The SMILES string of the molecule is CC(C)CN(CC(N)=O)C(=O)c1ccc2c(c1)NCC2. The number of anilines is 1. The standard InChI is InChI=1S/C15H21N3O2/c1-10(2)8-18(9-14(16)19)15(20)12-4-3-11-5-6-17-13(11)7-12/h3-4,7,10,17H,5-6,8-9H2,1-2H3,(H2,16,19). The van der Waals surface area contributed by atoms with Gasteiger partial charge in [0.2, 0.25) is 5.91 Å². The summed E-state index contributed by atoms with van der Waals surface area (Å²) < 4.78 is 0.